The van der Waals surface area contributed by atoms with Gasteiger partial charge in [-0.15, -0.1) is 0 Å². The normalized spacial score (nSPS) is 33.6. The highest BCUT2D eigenvalue weighted by molar-refractivity contribution is 5.68. The van der Waals surface area contributed by atoms with Crippen molar-refractivity contribution in [2.45, 2.75) is 65.3 Å². The lowest BCUT2D eigenvalue weighted by molar-refractivity contribution is 0.231. The van der Waals surface area contributed by atoms with Gasteiger partial charge in [0.05, 0.1) is 6.04 Å². The van der Waals surface area contributed by atoms with Gasteiger partial charge in [-0.1, -0.05) is 58.6 Å². The van der Waals surface area contributed by atoms with Crippen LogP contribution in [0.1, 0.15) is 59.3 Å². The Labute approximate surface area is 112 Å². The number of allylic oxidation sites excluding steroid dienone is 1. The topological polar surface area (TPSA) is 15.6 Å². The first-order valence-corrected chi connectivity index (χ1v) is 7.63. The number of nitrogens with zero attached hydrogens (tertiary/aromatic N) is 2. The summed E-state index contributed by atoms with van der Waals surface area (Å²) in [7, 11) is 0. The maximum absolute atomic E-state index is 4.81. The number of hydrogen-bond acceptors (Lipinski definition) is 2. The van der Waals surface area contributed by atoms with E-state index in [2.05, 4.69) is 44.1 Å². The molecular formula is C16H28N2. The summed E-state index contributed by atoms with van der Waals surface area (Å²) in [5, 5.41) is 7.14. The molecule has 2 heterocycles. The number of hydrazone groups is 1. The van der Waals surface area contributed by atoms with Crippen LogP contribution in [0.4, 0.5) is 0 Å². The molecule has 102 valence electrons. The summed E-state index contributed by atoms with van der Waals surface area (Å²) < 4.78 is 0. The molecule has 0 spiro atoms. The molecule has 0 aliphatic carbocycles. The van der Waals surface area contributed by atoms with Gasteiger partial charge in [0.2, 0.25) is 0 Å². The molecule has 0 N–H and O–H groups in total. The molecule has 0 bridgehead atoms. The highest BCUT2D eigenvalue weighted by Gasteiger charge is 2.27. The molecular weight excluding hydrogens is 220 g/mol. The first-order chi connectivity index (χ1) is 8.62. The third-order valence-corrected chi connectivity index (χ3v) is 4.68. The zero-order chi connectivity index (χ0) is 13.0. The molecule has 0 saturated carbocycles. The largest absolute Gasteiger partial charge is 0.290 e. The van der Waals surface area contributed by atoms with Crippen molar-refractivity contribution in [2.24, 2.45) is 16.4 Å². The van der Waals surface area contributed by atoms with E-state index in [1.807, 2.05) is 0 Å². The molecule has 0 aromatic carbocycles. The molecule has 1 saturated heterocycles. The second kappa shape index (κ2) is 5.90. The summed E-state index contributed by atoms with van der Waals surface area (Å²) >= 11 is 0. The summed E-state index contributed by atoms with van der Waals surface area (Å²) in [6.45, 7) is 7.98. The molecule has 2 aliphatic heterocycles. The fourth-order valence-electron chi connectivity index (χ4n) is 2.71. The van der Waals surface area contributed by atoms with Crippen molar-refractivity contribution in [3.8, 4) is 0 Å². The van der Waals surface area contributed by atoms with Crippen molar-refractivity contribution < 1.29 is 0 Å². The minimum atomic E-state index is 0.122. The second-order valence-electron chi connectivity index (χ2n) is 6.41. The first-order valence-electron chi connectivity index (χ1n) is 7.63. The van der Waals surface area contributed by atoms with E-state index >= 15 is 0 Å². The molecule has 0 aromatic heterocycles. The molecule has 2 nitrogen and oxygen atoms in total. The smallest absolute Gasteiger partial charge is 0.0650 e. The molecule has 2 unspecified atom stereocenters. The van der Waals surface area contributed by atoms with Crippen molar-refractivity contribution >= 4 is 6.21 Å². The predicted molar refractivity (Wildman–Crippen MR) is 78.8 cm³/mol. The second-order valence-corrected chi connectivity index (χ2v) is 6.41. The van der Waals surface area contributed by atoms with E-state index in [-0.39, 0.29) is 5.41 Å². The standard InChI is InChI=1S/C16H28N2/c1-14(2)16(3)11-10-15-9-7-5-4-6-8-12-18(15)17-13-16/h10-11,13-15H,4-9,12H2,1-3H3. The van der Waals surface area contributed by atoms with E-state index in [1.54, 1.807) is 0 Å². The van der Waals surface area contributed by atoms with Gasteiger partial charge < -0.3 is 0 Å². The number of hydrogen-bond donors (Lipinski definition) is 0. The molecule has 0 aromatic rings. The minimum absolute atomic E-state index is 0.122. The monoisotopic (exact) mass is 248 g/mol. The summed E-state index contributed by atoms with van der Waals surface area (Å²) in [5.74, 6) is 0.603. The fourth-order valence-corrected chi connectivity index (χ4v) is 2.71. The van der Waals surface area contributed by atoms with Crippen LogP contribution in [0.25, 0.3) is 0 Å². The van der Waals surface area contributed by atoms with Crippen molar-refractivity contribution in [3.05, 3.63) is 12.2 Å². The van der Waals surface area contributed by atoms with Crippen LogP contribution in [0.3, 0.4) is 0 Å². The molecule has 2 aliphatic rings. The van der Waals surface area contributed by atoms with Gasteiger partial charge in [0.1, 0.15) is 0 Å². The Kier molecular flexibility index (Phi) is 4.47. The Balaban J connectivity index is 2.16. The van der Waals surface area contributed by atoms with E-state index < -0.39 is 0 Å². The van der Waals surface area contributed by atoms with Crippen LogP contribution in [0.5, 0.6) is 0 Å². The third-order valence-electron chi connectivity index (χ3n) is 4.68. The maximum atomic E-state index is 4.81. The van der Waals surface area contributed by atoms with E-state index in [4.69, 9.17) is 5.10 Å². The van der Waals surface area contributed by atoms with E-state index in [9.17, 15) is 0 Å². The molecule has 0 amide bonds. The predicted octanol–water partition coefficient (Wildman–Crippen LogP) is 4.23. The van der Waals surface area contributed by atoms with Gasteiger partial charge in [-0.2, -0.15) is 5.10 Å². The number of fused-ring (bicyclic) bond motifs is 1. The van der Waals surface area contributed by atoms with Crippen LogP contribution in [0, 0.1) is 11.3 Å². The van der Waals surface area contributed by atoms with Crippen LogP contribution in [-0.2, 0) is 0 Å². The van der Waals surface area contributed by atoms with Crippen molar-refractivity contribution in [2.75, 3.05) is 6.54 Å². The van der Waals surface area contributed by atoms with Crippen LogP contribution in [0.2, 0.25) is 0 Å². The molecule has 2 heteroatoms. The van der Waals surface area contributed by atoms with Gasteiger partial charge in [0, 0.05) is 18.2 Å². The zero-order valence-electron chi connectivity index (χ0n) is 12.2. The SMILES string of the molecule is CC(C)C1(C)C=CC2CCCCCCCN2N=C1. The quantitative estimate of drug-likeness (QED) is 0.634. The van der Waals surface area contributed by atoms with Crippen LogP contribution in [-0.4, -0.2) is 23.8 Å². The maximum Gasteiger partial charge on any atom is 0.0650 e. The highest BCUT2D eigenvalue weighted by Crippen LogP contribution is 2.30. The van der Waals surface area contributed by atoms with Crippen molar-refractivity contribution in [1.82, 2.24) is 5.01 Å². The summed E-state index contributed by atoms with van der Waals surface area (Å²) in [6.07, 6.45) is 15.0. The fraction of sp³-hybridized carbons (Fsp3) is 0.812. The van der Waals surface area contributed by atoms with Crippen LogP contribution < -0.4 is 0 Å². The average molecular weight is 248 g/mol. The third kappa shape index (κ3) is 3.15. The molecule has 1 fully saturated rings. The summed E-state index contributed by atoms with van der Waals surface area (Å²) in [4.78, 5) is 0. The highest BCUT2D eigenvalue weighted by atomic mass is 15.5. The summed E-state index contributed by atoms with van der Waals surface area (Å²) in [6, 6.07) is 0.528. The Morgan fingerprint density at radius 1 is 1.17 bits per heavy atom. The Morgan fingerprint density at radius 2 is 1.89 bits per heavy atom. The molecule has 0 radical (unpaired) electrons. The molecule has 2 rings (SSSR count). The Morgan fingerprint density at radius 3 is 2.67 bits per heavy atom. The van der Waals surface area contributed by atoms with E-state index in [0.717, 1.165) is 6.54 Å². The average Bonchev–Trinajstić information content (AvgIpc) is 2.44. The van der Waals surface area contributed by atoms with E-state index in [1.165, 1.54) is 38.5 Å². The Hall–Kier alpha value is -0.790. The first kappa shape index (κ1) is 13.6. The van der Waals surface area contributed by atoms with Crippen molar-refractivity contribution in [3.63, 3.8) is 0 Å². The Bertz CT molecular complexity index is 293. The van der Waals surface area contributed by atoms with Gasteiger partial charge in [0.15, 0.2) is 0 Å². The van der Waals surface area contributed by atoms with Crippen molar-refractivity contribution in [1.29, 1.82) is 0 Å². The summed E-state index contributed by atoms with van der Waals surface area (Å²) in [5.41, 5.74) is 0.122. The zero-order valence-corrected chi connectivity index (χ0v) is 12.2. The van der Waals surface area contributed by atoms with Gasteiger partial charge in [0.25, 0.3) is 0 Å². The van der Waals surface area contributed by atoms with Crippen LogP contribution in [0.15, 0.2) is 17.3 Å². The number of rotatable bonds is 1. The lowest BCUT2D eigenvalue weighted by Gasteiger charge is -2.26. The van der Waals surface area contributed by atoms with Gasteiger partial charge in [-0.25, -0.2) is 0 Å². The minimum Gasteiger partial charge on any atom is -0.290 e. The lowest BCUT2D eigenvalue weighted by atomic mass is 9.80. The van der Waals surface area contributed by atoms with Crippen LogP contribution >= 0.6 is 0 Å². The van der Waals surface area contributed by atoms with Gasteiger partial charge in [-0.05, 0) is 18.8 Å². The lowest BCUT2D eigenvalue weighted by Crippen LogP contribution is -2.29. The van der Waals surface area contributed by atoms with Gasteiger partial charge >= 0.3 is 0 Å². The molecule has 18 heavy (non-hydrogen) atoms. The molecule has 2 atom stereocenters. The van der Waals surface area contributed by atoms with E-state index in [0.29, 0.717) is 12.0 Å². The van der Waals surface area contributed by atoms with Gasteiger partial charge in [-0.3, -0.25) is 5.01 Å².